The van der Waals surface area contributed by atoms with E-state index >= 15 is 0 Å². The molecule has 16 heavy (non-hydrogen) atoms. The predicted molar refractivity (Wildman–Crippen MR) is 68.8 cm³/mol. The maximum absolute atomic E-state index is 6.36. The molecule has 2 unspecified atom stereocenters. The highest BCUT2D eigenvalue weighted by molar-refractivity contribution is 9.10. The van der Waals surface area contributed by atoms with Crippen LogP contribution in [0.15, 0.2) is 41.2 Å². The van der Waals surface area contributed by atoms with Crippen LogP contribution in [0.2, 0.25) is 0 Å². The van der Waals surface area contributed by atoms with Gasteiger partial charge in [-0.2, -0.15) is 0 Å². The lowest BCUT2D eigenvalue weighted by Gasteiger charge is -2.33. The third-order valence-electron chi connectivity index (χ3n) is 2.90. The van der Waals surface area contributed by atoms with Gasteiger partial charge in [-0.05, 0) is 40.0 Å². The highest BCUT2D eigenvalue weighted by atomic mass is 79.9. The fourth-order valence-corrected chi connectivity index (χ4v) is 2.36. The Labute approximate surface area is 103 Å². The van der Waals surface area contributed by atoms with Gasteiger partial charge in [-0.3, -0.25) is 0 Å². The van der Waals surface area contributed by atoms with E-state index in [9.17, 15) is 0 Å². The molecule has 0 saturated carbocycles. The third kappa shape index (κ3) is 1.84. The molecule has 0 radical (unpaired) electrons. The summed E-state index contributed by atoms with van der Waals surface area (Å²) in [5.74, 6) is 0. The Morgan fingerprint density at radius 1 is 1.44 bits per heavy atom. The molecule has 2 rings (SSSR count). The fraction of sp³-hybridized carbons (Fsp3) is 0.250. The molecule has 0 fully saturated rings. The summed E-state index contributed by atoms with van der Waals surface area (Å²) < 4.78 is 0.807. The van der Waals surface area contributed by atoms with Gasteiger partial charge in [0.05, 0.1) is 5.54 Å². The van der Waals surface area contributed by atoms with Crippen molar-refractivity contribution >= 4 is 15.9 Å². The average molecular weight is 280 g/mol. The molecule has 1 aliphatic rings. The molecule has 1 heterocycles. The van der Waals surface area contributed by atoms with Gasteiger partial charge in [-0.1, -0.05) is 24.3 Å². The molecule has 0 bridgehead atoms. The van der Waals surface area contributed by atoms with E-state index in [1.165, 1.54) is 0 Å². The minimum Gasteiger partial charge on any atom is -0.322 e. The van der Waals surface area contributed by atoms with Gasteiger partial charge in [0.15, 0.2) is 0 Å². The molecule has 4 N–H and O–H groups in total. The number of aromatic nitrogens is 1. The van der Waals surface area contributed by atoms with Crippen LogP contribution in [-0.2, 0) is 5.54 Å². The molecule has 4 heteroatoms. The smallest absolute Gasteiger partial charge is 0.106 e. The highest BCUT2D eigenvalue weighted by Gasteiger charge is 2.33. The van der Waals surface area contributed by atoms with E-state index in [1.807, 2.05) is 37.3 Å². The van der Waals surface area contributed by atoms with Crippen molar-refractivity contribution in [1.82, 2.24) is 4.98 Å². The van der Waals surface area contributed by atoms with Crippen molar-refractivity contribution in [2.75, 3.05) is 0 Å². The van der Waals surface area contributed by atoms with Crippen molar-refractivity contribution in [2.24, 2.45) is 11.5 Å². The number of hydrogen-bond donors (Lipinski definition) is 2. The minimum atomic E-state index is -0.660. The summed E-state index contributed by atoms with van der Waals surface area (Å²) in [5.41, 5.74) is 13.8. The molecule has 0 spiro atoms. The van der Waals surface area contributed by atoms with E-state index in [0.717, 1.165) is 15.7 Å². The third-order valence-corrected chi connectivity index (χ3v) is 3.33. The summed E-state index contributed by atoms with van der Waals surface area (Å²) in [5, 5.41) is 0. The fourth-order valence-electron chi connectivity index (χ4n) is 1.91. The van der Waals surface area contributed by atoms with Gasteiger partial charge in [0.1, 0.15) is 4.60 Å². The highest BCUT2D eigenvalue weighted by Crippen LogP contribution is 2.29. The van der Waals surface area contributed by atoms with Crippen LogP contribution >= 0.6 is 15.9 Å². The standard InChI is InChI=1S/C12H14BrN3/c1-8-6-11(13)16-7-9(8)12(15)5-3-2-4-10(12)14/h2-7,10H,14-15H2,1H3. The SMILES string of the molecule is Cc1cc(Br)ncc1C1(N)C=CC=CC1N. The van der Waals surface area contributed by atoms with Gasteiger partial charge < -0.3 is 11.5 Å². The molecular formula is C12H14BrN3. The van der Waals surface area contributed by atoms with Gasteiger partial charge >= 0.3 is 0 Å². The normalized spacial score (nSPS) is 28.4. The first-order valence-electron chi connectivity index (χ1n) is 5.07. The van der Waals surface area contributed by atoms with Crippen LogP contribution in [0, 0.1) is 6.92 Å². The lowest BCUT2D eigenvalue weighted by molar-refractivity contribution is 0.488. The van der Waals surface area contributed by atoms with E-state index in [-0.39, 0.29) is 6.04 Å². The Balaban J connectivity index is 2.51. The minimum absolute atomic E-state index is 0.223. The van der Waals surface area contributed by atoms with E-state index in [4.69, 9.17) is 11.5 Å². The summed E-state index contributed by atoms with van der Waals surface area (Å²) in [4.78, 5) is 4.22. The van der Waals surface area contributed by atoms with Crippen LogP contribution in [0.3, 0.4) is 0 Å². The molecular weight excluding hydrogens is 266 g/mol. The lowest BCUT2D eigenvalue weighted by atomic mass is 9.80. The van der Waals surface area contributed by atoms with E-state index < -0.39 is 5.54 Å². The molecule has 0 saturated heterocycles. The molecule has 0 aliphatic heterocycles. The summed E-state index contributed by atoms with van der Waals surface area (Å²) in [6, 6.07) is 1.72. The van der Waals surface area contributed by atoms with Gasteiger partial charge in [0, 0.05) is 12.2 Å². The van der Waals surface area contributed by atoms with Gasteiger partial charge in [-0.15, -0.1) is 0 Å². The summed E-state index contributed by atoms with van der Waals surface area (Å²) in [7, 11) is 0. The average Bonchev–Trinajstić information content (AvgIpc) is 2.22. The molecule has 0 aromatic carbocycles. The Hall–Kier alpha value is -0.970. The van der Waals surface area contributed by atoms with Crippen LogP contribution in [0.1, 0.15) is 11.1 Å². The number of aryl methyl sites for hydroxylation is 1. The zero-order valence-electron chi connectivity index (χ0n) is 9.02. The molecule has 2 atom stereocenters. The van der Waals surface area contributed by atoms with Crippen molar-refractivity contribution in [2.45, 2.75) is 18.5 Å². The number of halogens is 1. The Morgan fingerprint density at radius 3 is 2.81 bits per heavy atom. The number of nitrogens with zero attached hydrogens (tertiary/aromatic N) is 1. The zero-order chi connectivity index (χ0) is 11.8. The van der Waals surface area contributed by atoms with E-state index in [2.05, 4.69) is 20.9 Å². The molecule has 1 aromatic heterocycles. The number of nitrogens with two attached hydrogens (primary N) is 2. The van der Waals surface area contributed by atoms with Gasteiger partial charge in [0.2, 0.25) is 0 Å². The Kier molecular flexibility index (Phi) is 2.97. The van der Waals surface area contributed by atoms with Crippen LogP contribution < -0.4 is 11.5 Å². The first kappa shape index (κ1) is 11.5. The zero-order valence-corrected chi connectivity index (χ0v) is 10.6. The second kappa shape index (κ2) is 4.13. The maximum atomic E-state index is 6.36. The maximum Gasteiger partial charge on any atom is 0.106 e. The molecule has 1 aromatic rings. The monoisotopic (exact) mass is 279 g/mol. The first-order chi connectivity index (χ1) is 7.54. The lowest BCUT2D eigenvalue weighted by Crippen LogP contribution is -2.51. The summed E-state index contributed by atoms with van der Waals surface area (Å²) in [6.45, 7) is 2.01. The van der Waals surface area contributed by atoms with E-state index in [1.54, 1.807) is 6.20 Å². The first-order valence-corrected chi connectivity index (χ1v) is 5.86. The number of allylic oxidation sites excluding steroid dienone is 2. The van der Waals surface area contributed by atoms with Gasteiger partial charge in [-0.25, -0.2) is 4.98 Å². The number of pyridine rings is 1. The second-order valence-electron chi connectivity index (χ2n) is 4.02. The summed E-state index contributed by atoms with van der Waals surface area (Å²) in [6.07, 6.45) is 9.45. The van der Waals surface area contributed by atoms with Crippen molar-refractivity contribution in [3.8, 4) is 0 Å². The van der Waals surface area contributed by atoms with Crippen molar-refractivity contribution in [3.05, 3.63) is 52.3 Å². The Morgan fingerprint density at radius 2 is 2.19 bits per heavy atom. The quantitative estimate of drug-likeness (QED) is 0.770. The molecule has 1 aliphatic carbocycles. The van der Waals surface area contributed by atoms with Crippen LogP contribution in [0.25, 0.3) is 0 Å². The number of rotatable bonds is 1. The molecule has 0 amide bonds. The van der Waals surface area contributed by atoms with Gasteiger partial charge in [0.25, 0.3) is 0 Å². The van der Waals surface area contributed by atoms with Crippen molar-refractivity contribution < 1.29 is 0 Å². The Bertz CT molecular complexity index is 467. The summed E-state index contributed by atoms with van der Waals surface area (Å²) >= 11 is 3.34. The van der Waals surface area contributed by atoms with Crippen LogP contribution in [0.5, 0.6) is 0 Å². The topological polar surface area (TPSA) is 64.9 Å². The van der Waals surface area contributed by atoms with Crippen LogP contribution in [0.4, 0.5) is 0 Å². The molecule has 84 valence electrons. The molecule has 3 nitrogen and oxygen atoms in total. The van der Waals surface area contributed by atoms with Crippen molar-refractivity contribution in [3.63, 3.8) is 0 Å². The van der Waals surface area contributed by atoms with E-state index in [0.29, 0.717) is 0 Å². The predicted octanol–water partition coefficient (Wildman–Crippen LogP) is 1.76. The van der Waals surface area contributed by atoms with Crippen molar-refractivity contribution in [1.29, 1.82) is 0 Å². The second-order valence-corrected chi connectivity index (χ2v) is 4.84. The van der Waals surface area contributed by atoms with Crippen LogP contribution in [-0.4, -0.2) is 11.0 Å². The largest absolute Gasteiger partial charge is 0.322 e. The number of hydrogen-bond acceptors (Lipinski definition) is 3.